The van der Waals surface area contributed by atoms with Crippen molar-refractivity contribution >= 4 is 69.0 Å². The number of aliphatic carboxylic acids is 2. The van der Waals surface area contributed by atoms with Crippen LogP contribution in [0.25, 0.3) is 0 Å². The van der Waals surface area contributed by atoms with Crippen LogP contribution in [0.3, 0.4) is 0 Å². The minimum atomic E-state index is -1.46. The molecule has 2 aliphatic heterocycles. The molecule has 22 heteroatoms. The van der Waals surface area contributed by atoms with Gasteiger partial charge in [0.05, 0.1) is 16.8 Å². The third-order valence-electron chi connectivity index (χ3n) is 11.1. The highest BCUT2D eigenvalue weighted by Gasteiger charge is 2.42. The van der Waals surface area contributed by atoms with Crippen LogP contribution in [0.1, 0.15) is 106 Å². The first-order chi connectivity index (χ1) is 29.1. The van der Waals surface area contributed by atoms with E-state index in [1.54, 1.807) is 27.7 Å². The SMILES string of the molecule is CC(C)[C@H](N)C(=O)N1CCC[C@H]1C(=O)N[C@@H](CCCCN)C(=O)N[C@@H](C(=O)O)C(C)(C)SSC[C@@H](N)C(=O)N[C@@H](CCCCN)C(=O)N1CCC[C@H]1C(=O)N[C@H](C(=O)O)C(C)C. The molecule has 6 amide bonds. The Labute approximate surface area is 373 Å². The van der Waals surface area contributed by atoms with Crippen LogP contribution in [0.4, 0.5) is 0 Å². The number of unbranched alkanes of at least 4 members (excludes halogenated alkanes) is 2. The fraction of sp³-hybridized carbons (Fsp3) is 0.800. The van der Waals surface area contributed by atoms with Crippen LogP contribution >= 0.6 is 21.6 Å². The zero-order valence-electron chi connectivity index (χ0n) is 37.1. The standard InChI is InChI=1S/C40H72N10O10S2/c1-22(2)29(44)37(56)50-20-12-15-27(50)34(53)45-25(13-7-9-17-41)33(52)48-31(39(59)60)40(5,6)62-61-21-24(43)32(51)46-26(14-8-10-18-42)36(55)49-19-11-16-28(49)35(54)47-30(23(3)4)38(57)58/h22-31H,7-21,41-44H2,1-6H3,(H,45,53)(H,46,51)(H,47,54)(H,48,52)(H,57,58)(H,59,60)/t24-,25+,26+,27+,28+,29+,30+,31+/m1/s1. The van der Waals surface area contributed by atoms with E-state index in [0.29, 0.717) is 71.0 Å². The highest BCUT2D eigenvalue weighted by atomic mass is 33.1. The molecule has 0 aromatic rings. The van der Waals surface area contributed by atoms with E-state index in [2.05, 4.69) is 21.3 Å². The van der Waals surface area contributed by atoms with Gasteiger partial charge in [0.25, 0.3) is 0 Å². The smallest absolute Gasteiger partial charge is 0.327 e. The lowest BCUT2D eigenvalue weighted by Gasteiger charge is -2.33. The van der Waals surface area contributed by atoms with E-state index in [1.807, 2.05) is 13.8 Å². The molecule has 0 aromatic heterocycles. The Bertz CT molecular complexity index is 1560. The highest BCUT2D eigenvalue weighted by Crippen LogP contribution is 2.38. The summed E-state index contributed by atoms with van der Waals surface area (Å²) < 4.78 is -1.18. The number of hydrogen-bond acceptors (Lipinski definition) is 14. The first-order valence-corrected chi connectivity index (χ1v) is 23.9. The molecular weight excluding hydrogens is 845 g/mol. The number of hydrogen-bond donors (Lipinski definition) is 10. The quantitative estimate of drug-likeness (QED) is 0.0365. The number of carbonyl (C=O) groups excluding carboxylic acids is 6. The molecule has 14 N–H and O–H groups in total. The Kier molecular flexibility index (Phi) is 23.0. The molecule has 0 unspecified atom stereocenters. The van der Waals surface area contributed by atoms with Gasteiger partial charge in [-0.3, -0.25) is 28.8 Å². The van der Waals surface area contributed by atoms with Gasteiger partial charge in [0.2, 0.25) is 35.4 Å². The summed E-state index contributed by atoms with van der Waals surface area (Å²) in [5.74, 6) is -6.43. The van der Waals surface area contributed by atoms with Crippen molar-refractivity contribution in [1.82, 2.24) is 31.1 Å². The predicted octanol–water partition coefficient (Wildman–Crippen LogP) is -0.539. The average molecular weight is 917 g/mol. The molecule has 0 saturated carbocycles. The van der Waals surface area contributed by atoms with Gasteiger partial charge < -0.3 is 64.2 Å². The zero-order chi connectivity index (χ0) is 46.9. The third-order valence-corrected chi connectivity index (χ3v) is 14.5. The van der Waals surface area contributed by atoms with E-state index in [9.17, 15) is 48.6 Å². The highest BCUT2D eigenvalue weighted by molar-refractivity contribution is 8.77. The van der Waals surface area contributed by atoms with E-state index in [4.69, 9.17) is 22.9 Å². The van der Waals surface area contributed by atoms with Crippen molar-refractivity contribution < 1.29 is 48.6 Å². The predicted molar refractivity (Wildman–Crippen MR) is 238 cm³/mol. The topological polar surface area (TPSA) is 336 Å². The number of likely N-dealkylation sites (tertiary alicyclic amines) is 2. The van der Waals surface area contributed by atoms with Crippen molar-refractivity contribution in [1.29, 1.82) is 0 Å². The molecule has 2 saturated heterocycles. The molecule has 0 spiro atoms. The number of amides is 6. The van der Waals surface area contributed by atoms with Crippen LogP contribution in [-0.2, 0) is 38.4 Å². The van der Waals surface area contributed by atoms with Crippen LogP contribution in [0.15, 0.2) is 0 Å². The van der Waals surface area contributed by atoms with Gasteiger partial charge in [-0.05, 0) is 103 Å². The maximum absolute atomic E-state index is 13.9. The lowest BCUT2D eigenvalue weighted by atomic mass is 10.0. The van der Waals surface area contributed by atoms with Gasteiger partial charge in [0, 0.05) is 18.8 Å². The zero-order valence-corrected chi connectivity index (χ0v) is 38.7. The first kappa shape index (κ1) is 54.4. The Hall–Kier alpha value is -3.70. The lowest BCUT2D eigenvalue weighted by molar-refractivity contribution is -0.146. The molecule has 2 heterocycles. The van der Waals surface area contributed by atoms with Gasteiger partial charge in [-0.2, -0.15) is 0 Å². The van der Waals surface area contributed by atoms with Gasteiger partial charge in [0.15, 0.2) is 0 Å². The molecule has 20 nitrogen and oxygen atoms in total. The summed E-state index contributed by atoms with van der Waals surface area (Å²) in [4.78, 5) is 108. The van der Waals surface area contributed by atoms with Crippen molar-refractivity contribution in [2.24, 2.45) is 34.8 Å². The van der Waals surface area contributed by atoms with Gasteiger partial charge in [0.1, 0.15) is 36.3 Å². The normalized spacial score (nSPS) is 19.6. The van der Waals surface area contributed by atoms with Crippen LogP contribution in [-0.4, -0.2) is 152 Å². The molecule has 62 heavy (non-hydrogen) atoms. The first-order valence-electron chi connectivity index (χ1n) is 21.6. The molecule has 2 fully saturated rings. The second-order valence-electron chi connectivity index (χ2n) is 17.3. The number of nitrogens with zero attached hydrogens (tertiary/aromatic N) is 2. The largest absolute Gasteiger partial charge is 0.480 e. The molecule has 354 valence electrons. The van der Waals surface area contributed by atoms with Crippen molar-refractivity contribution in [3.8, 4) is 0 Å². The second kappa shape index (κ2) is 26.2. The van der Waals surface area contributed by atoms with Gasteiger partial charge in [-0.25, -0.2) is 9.59 Å². The van der Waals surface area contributed by atoms with Gasteiger partial charge in [-0.1, -0.05) is 49.3 Å². The van der Waals surface area contributed by atoms with Crippen molar-refractivity contribution in [3.05, 3.63) is 0 Å². The number of carboxylic acids is 2. The maximum atomic E-state index is 13.9. The third kappa shape index (κ3) is 16.1. The minimum absolute atomic E-state index is 0.0146. The summed E-state index contributed by atoms with van der Waals surface area (Å²) in [6.45, 7) is 11.4. The maximum Gasteiger partial charge on any atom is 0.327 e. The summed E-state index contributed by atoms with van der Waals surface area (Å²) in [5.41, 5.74) is 23.8. The number of nitrogens with two attached hydrogens (primary N) is 4. The molecule has 2 rings (SSSR count). The Morgan fingerprint density at radius 3 is 1.68 bits per heavy atom. The minimum Gasteiger partial charge on any atom is -0.480 e. The molecule has 8 atom stereocenters. The molecule has 0 aromatic carbocycles. The fourth-order valence-corrected chi connectivity index (χ4v) is 10.0. The van der Waals surface area contributed by atoms with Crippen molar-refractivity contribution in [2.75, 3.05) is 31.9 Å². The molecule has 2 aliphatic rings. The Morgan fingerprint density at radius 1 is 0.677 bits per heavy atom. The fourth-order valence-electron chi connectivity index (χ4n) is 7.26. The lowest BCUT2D eigenvalue weighted by Crippen LogP contribution is -2.59. The molecular formula is C40H72N10O10S2. The molecule has 0 bridgehead atoms. The van der Waals surface area contributed by atoms with Gasteiger partial charge >= 0.3 is 11.9 Å². The van der Waals surface area contributed by atoms with E-state index in [-0.39, 0.29) is 37.0 Å². The molecule has 0 aliphatic carbocycles. The van der Waals surface area contributed by atoms with Crippen LogP contribution in [0, 0.1) is 11.8 Å². The van der Waals surface area contributed by atoms with Crippen molar-refractivity contribution in [2.45, 2.75) is 159 Å². The van der Waals surface area contributed by atoms with Crippen LogP contribution < -0.4 is 44.2 Å². The summed E-state index contributed by atoms with van der Waals surface area (Å²) in [7, 11) is 2.18. The number of nitrogens with one attached hydrogen (secondary N) is 4. The summed E-state index contributed by atoms with van der Waals surface area (Å²) >= 11 is 0. The Morgan fingerprint density at radius 2 is 1.19 bits per heavy atom. The van der Waals surface area contributed by atoms with Crippen molar-refractivity contribution in [3.63, 3.8) is 0 Å². The number of carbonyl (C=O) groups is 8. The van der Waals surface area contributed by atoms with Crippen LogP contribution in [0.5, 0.6) is 0 Å². The monoisotopic (exact) mass is 916 g/mol. The second-order valence-corrected chi connectivity index (χ2v) is 20.3. The summed E-state index contributed by atoms with van der Waals surface area (Å²) in [5, 5.41) is 30.5. The summed E-state index contributed by atoms with van der Waals surface area (Å²) in [6, 6.07) is -8.44. The summed E-state index contributed by atoms with van der Waals surface area (Å²) in [6.07, 6.45) is 4.26. The van der Waals surface area contributed by atoms with E-state index in [1.165, 1.54) is 9.80 Å². The number of rotatable bonds is 27. The number of carboxylic acid groups (broad SMARTS) is 2. The van der Waals surface area contributed by atoms with E-state index < -0.39 is 100 Å². The van der Waals surface area contributed by atoms with Gasteiger partial charge in [-0.15, -0.1) is 0 Å². The van der Waals surface area contributed by atoms with E-state index in [0.717, 1.165) is 21.6 Å². The van der Waals surface area contributed by atoms with E-state index >= 15 is 0 Å². The average Bonchev–Trinajstić information content (AvgIpc) is 3.91. The molecule has 0 radical (unpaired) electrons. The Balaban J connectivity index is 2.12. The van der Waals surface area contributed by atoms with Crippen LogP contribution in [0.2, 0.25) is 0 Å².